The maximum atomic E-state index is 12.4. The molecule has 2 aromatic rings. The molecule has 144 valence electrons. The number of aliphatic carboxylic acids is 1. The van der Waals surface area contributed by atoms with Crippen LogP contribution in [0.1, 0.15) is 24.5 Å². The average Bonchev–Trinajstić information content (AvgIpc) is 3.17. The normalized spacial score (nSPS) is 26.1. The summed E-state index contributed by atoms with van der Waals surface area (Å²) in [5.74, 6) is -2.06. The summed E-state index contributed by atoms with van der Waals surface area (Å²) < 4.78 is 13.7. The third-order valence-electron chi connectivity index (χ3n) is 5.37. The van der Waals surface area contributed by atoms with Crippen molar-refractivity contribution in [1.29, 1.82) is 0 Å². The van der Waals surface area contributed by atoms with Crippen LogP contribution in [-0.4, -0.2) is 54.2 Å². The van der Waals surface area contributed by atoms with Crippen LogP contribution in [0.15, 0.2) is 16.9 Å². The molecule has 1 saturated heterocycles. The first kappa shape index (κ1) is 21.8. The zero-order valence-electron chi connectivity index (χ0n) is 16.1. The Kier molecular flexibility index (Phi) is 5.78. The summed E-state index contributed by atoms with van der Waals surface area (Å²) in [7, 11) is 0. The van der Waals surface area contributed by atoms with Gasteiger partial charge >= 0.3 is 29.6 Å². The molecule has 2 aliphatic heterocycles. The molecular formula is C17H18N3NaO5S2. The second-order valence-electron chi connectivity index (χ2n) is 6.99. The predicted molar refractivity (Wildman–Crippen MR) is 97.0 cm³/mol. The SMILES string of the molecule is Cc1nc([S+](C)[O-])c2sc(C3=C(C(=O)[O-])N4C(=O)[C@H]([C@@H](C)O)[C@H]4[C@H]3C)cn12.[Na+]. The Balaban J connectivity index is 0.00000225. The largest absolute Gasteiger partial charge is 1.00 e. The number of aliphatic hydroxyl groups is 1. The van der Waals surface area contributed by atoms with E-state index in [1.807, 2.05) is 6.92 Å². The van der Waals surface area contributed by atoms with Crippen molar-refractivity contribution >= 4 is 44.8 Å². The number of aryl methyl sites for hydroxylation is 1. The molecule has 1 N–H and O–H groups in total. The molecule has 0 radical (unpaired) electrons. The van der Waals surface area contributed by atoms with E-state index in [9.17, 15) is 24.4 Å². The van der Waals surface area contributed by atoms with Crippen molar-refractivity contribution < 1.29 is 53.9 Å². The fourth-order valence-electron chi connectivity index (χ4n) is 4.19. The Morgan fingerprint density at radius 3 is 2.64 bits per heavy atom. The number of amides is 1. The molecule has 5 atom stereocenters. The van der Waals surface area contributed by atoms with Gasteiger partial charge in [-0.05, 0) is 13.8 Å². The average molecular weight is 431 g/mol. The summed E-state index contributed by atoms with van der Waals surface area (Å²) in [6.07, 6.45) is 2.45. The fourth-order valence-corrected chi connectivity index (χ4v) is 6.44. The molecule has 0 bridgehead atoms. The van der Waals surface area contributed by atoms with Crippen LogP contribution in [0, 0.1) is 18.8 Å². The number of rotatable bonds is 4. The Bertz CT molecular complexity index is 1010. The van der Waals surface area contributed by atoms with Gasteiger partial charge in [0, 0.05) is 28.9 Å². The summed E-state index contributed by atoms with van der Waals surface area (Å²) in [6, 6.07) is -0.402. The molecule has 28 heavy (non-hydrogen) atoms. The van der Waals surface area contributed by atoms with Gasteiger partial charge < -0.3 is 24.5 Å². The van der Waals surface area contributed by atoms with Crippen molar-refractivity contribution in [3.05, 3.63) is 22.6 Å². The fraction of sp³-hybridized carbons (Fsp3) is 0.471. The van der Waals surface area contributed by atoms with Crippen LogP contribution in [-0.2, 0) is 20.8 Å². The minimum Gasteiger partial charge on any atom is -0.610 e. The van der Waals surface area contributed by atoms with Gasteiger partial charge in [-0.1, -0.05) is 6.92 Å². The number of aromatic nitrogens is 2. The van der Waals surface area contributed by atoms with E-state index in [4.69, 9.17) is 0 Å². The van der Waals surface area contributed by atoms with Crippen LogP contribution in [0.5, 0.6) is 0 Å². The van der Waals surface area contributed by atoms with E-state index in [-0.39, 0.29) is 41.2 Å². The van der Waals surface area contributed by atoms with Crippen LogP contribution in [0.3, 0.4) is 0 Å². The number of hydrogen-bond acceptors (Lipinski definition) is 7. The van der Waals surface area contributed by atoms with Gasteiger partial charge in [-0.15, -0.1) is 11.3 Å². The Morgan fingerprint density at radius 1 is 1.46 bits per heavy atom. The van der Waals surface area contributed by atoms with E-state index in [2.05, 4.69) is 4.98 Å². The van der Waals surface area contributed by atoms with E-state index in [0.29, 0.717) is 26.1 Å². The van der Waals surface area contributed by atoms with Crippen LogP contribution in [0.2, 0.25) is 0 Å². The monoisotopic (exact) mass is 431 g/mol. The topological polar surface area (TPSA) is 121 Å². The smallest absolute Gasteiger partial charge is 0.610 e. The van der Waals surface area contributed by atoms with E-state index < -0.39 is 41.1 Å². The minimum atomic E-state index is -1.41. The molecule has 2 aliphatic rings. The molecule has 1 unspecified atom stereocenters. The Morgan fingerprint density at radius 2 is 2.11 bits per heavy atom. The number of β-lactam (4-membered cyclic amide) rings is 1. The van der Waals surface area contributed by atoms with Gasteiger partial charge in [0.15, 0.2) is 4.83 Å². The third kappa shape index (κ3) is 2.89. The molecule has 2 aromatic heterocycles. The molecule has 0 spiro atoms. The first-order chi connectivity index (χ1) is 12.6. The number of nitrogens with zero attached hydrogens (tertiary/aromatic N) is 3. The number of carbonyl (C=O) groups excluding carboxylic acids is 2. The standard InChI is InChI=1S/C17H19N3O5S2.Na/c1-6-10(9-5-19-8(3)18-14(27(4)25)16(19)26-9)13(17(23)24)20-12(6)11(7(2)21)15(20)22;/h5-7,11-12,21H,1-4H3,(H,23,24);/q;+1/p-1/t6-,7+,11+,12+,27?;/m0./s1. The maximum absolute atomic E-state index is 12.4. The van der Waals surface area contributed by atoms with Crippen molar-refractivity contribution in [3.8, 4) is 0 Å². The zero-order chi connectivity index (χ0) is 19.8. The summed E-state index contributed by atoms with van der Waals surface area (Å²) in [5, 5.41) is 22.2. The van der Waals surface area contributed by atoms with Crippen molar-refractivity contribution in [2.45, 2.75) is 37.9 Å². The summed E-state index contributed by atoms with van der Waals surface area (Å²) in [6.45, 7) is 5.17. The summed E-state index contributed by atoms with van der Waals surface area (Å²) >= 11 is 0.0156. The quantitative estimate of drug-likeness (QED) is 0.309. The number of carboxylic acid groups (broad SMARTS) is 1. The van der Waals surface area contributed by atoms with Crippen LogP contribution in [0.4, 0.5) is 0 Å². The molecule has 1 fully saturated rings. The van der Waals surface area contributed by atoms with Gasteiger partial charge in [0.25, 0.3) is 5.03 Å². The van der Waals surface area contributed by atoms with Gasteiger partial charge in [-0.3, -0.25) is 9.20 Å². The Hall–Kier alpha value is -0.880. The van der Waals surface area contributed by atoms with Crippen molar-refractivity contribution in [3.63, 3.8) is 0 Å². The molecule has 11 heteroatoms. The van der Waals surface area contributed by atoms with Crippen LogP contribution >= 0.6 is 11.3 Å². The van der Waals surface area contributed by atoms with E-state index in [1.54, 1.807) is 23.8 Å². The predicted octanol–water partition coefficient (Wildman–Crippen LogP) is -3.24. The van der Waals surface area contributed by atoms with Crippen LogP contribution < -0.4 is 34.7 Å². The molecule has 4 heterocycles. The van der Waals surface area contributed by atoms with Crippen molar-refractivity contribution in [2.24, 2.45) is 11.8 Å². The molecule has 0 aromatic carbocycles. The molecule has 0 aliphatic carbocycles. The molecule has 8 nitrogen and oxygen atoms in total. The number of imidazole rings is 1. The van der Waals surface area contributed by atoms with Crippen LogP contribution in [0.25, 0.3) is 10.4 Å². The van der Waals surface area contributed by atoms with E-state index in [1.165, 1.54) is 23.2 Å². The van der Waals surface area contributed by atoms with Gasteiger partial charge in [0.1, 0.15) is 12.1 Å². The minimum absolute atomic E-state index is 0. The number of hydrogen-bond donors (Lipinski definition) is 1. The van der Waals surface area contributed by atoms with E-state index >= 15 is 0 Å². The van der Waals surface area contributed by atoms with Gasteiger partial charge in [-0.25, -0.2) is 0 Å². The second-order valence-corrected chi connectivity index (χ2v) is 9.32. The van der Waals surface area contributed by atoms with Gasteiger partial charge in [0.2, 0.25) is 5.91 Å². The number of carboxylic acids is 1. The van der Waals surface area contributed by atoms with Gasteiger partial charge in [0.05, 0.1) is 34.6 Å². The van der Waals surface area contributed by atoms with Gasteiger partial charge in [-0.2, -0.15) is 4.98 Å². The third-order valence-corrected chi connectivity index (χ3v) is 7.46. The molecule has 0 saturated carbocycles. The molecule has 1 amide bonds. The summed E-state index contributed by atoms with van der Waals surface area (Å²) in [4.78, 5) is 31.2. The number of carbonyl (C=O) groups is 2. The zero-order valence-corrected chi connectivity index (χ0v) is 19.8. The summed E-state index contributed by atoms with van der Waals surface area (Å²) in [5.41, 5.74) is 0.376. The van der Waals surface area contributed by atoms with E-state index in [0.717, 1.165) is 0 Å². The number of aliphatic hydroxyl groups excluding tert-OH is 1. The van der Waals surface area contributed by atoms with Crippen molar-refractivity contribution in [2.75, 3.05) is 6.26 Å². The molecular weight excluding hydrogens is 413 g/mol. The first-order valence-electron chi connectivity index (χ1n) is 8.44. The second kappa shape index (κ2) is 7.42. The number of thiazole rings is 1. The van der Waals surface area contributed by atoms with Crippen molar-refractivity contribution in [1.82, 2.24) is 14.3 Å². The molecule has 4 rings (SSSR count). The number of fused-ring (bicyclic) bond motifs is 2. The maximum Gasteiger partial charge on any atom is 1.00 e. The Labute approximate surface area is 190 Å². The first-order valence-corrected chi connectivity index (χ1v) is 10.8.